The Kier molecular flexibility index (Phi) is 3.28. The fourth-order valence-corrected chi connectivity index (χ4v) is 3.00. The van der Waals surface area contributed by atoms with Crippen molar-refractivity contribution in [3.05, 3.63) is 46.4 Å². The van der Waals surface area contributed by atoms with Crippen LogP contribution in [0.4, 0.5) is 0 Å². The number of hydrogen-bond donors (Lipinski definition) is 1. The summed E-state index contributed by atoms with van der Waals surface area (Å²) >= 11 is 1.62. The number of aryl methyl sites for hydroxylation is 1. The number of para-hydroxylation sites is 1. The summed E-state index contributed by atoms with van der Waals surface area (Å²) in [5, 5.41) is 13.4. The first kappa shape index (κ1) is 12.9. The Hall–Kier alpha value is -2.14. The standard InChI is InChI=1S/C15H14N2O2S/c1-2-4-13-16-14-11(15(18)19)5-3-6-12(14)17(13)10-7-8-20-9-10/h3,5-9H,2,4H2,1H3,(H,18,19). The Morgan fingerprint density at radius 3 is 2.90 bits per heavy atom. The van der Waals surface area contributed by atoms with E-state index in [9.17, 15) is 9.90 Å². The summed E-state index contributed by atoms with van der Waals surface area (Å²) in [5.41, 5.74) is 2.72. The molecule has 1 N–H and O–H groups in total. The van der Waals surface area contributed by atoms with Crippen molar-refractivity contribution in [1.29, 1.82) is 0 Å². The van der Waals surface area contributed by atoms with E-state index in [1.54, 1.807) is 23.5 Å². The van der Waals surface area contributed by atoms with Crippen LogP contribution < -0.4 is 0 Å². The number of carbonyl (C=O) groups is 1. The Morgan fingerprint density at radius 2 is 2.25 bits per heavy atom. The minimum Gasteiger partial charge on any atom is -0.478 e. The zero-order valence-electron chi connectivity index (χ0n) is 11.0. The van der Waals surface area contributed by atoms with E-state index in [1.165, 1.54) is 0 Å². The van der Waals surface area contributed by atoms with Crippen LogP contribution in [-0.2, 0) is 6.42 Å². The van der Waals surface area contributed by atoms with Crippen LogP contribution in [0.1, 0.15) is 29.5 Å². The number of carboxylic acids is 1. The van der Waals surface area contributed by atoms with Gasteiger partial charge in [0.05, 0.1) is 16.8 Å². The molecule has 1 aromatic carbocycles. The van der Waals surface area contributed by atoms with Crippen LogP contribution in [0.15, 0.2) is 35.0 Å². The van der Waals surface area contributed by atoms with Crippen LogP contribution in [0.25, 0.3) is 16.7 Å². The van der Waals surface area contributed by atoms with Gasteiger partial charge in [-0.1, -0.05) is 13.0 Å². The highest BCUT2D eigenvalue weighted by Gasteiger charge is 2.17. The summed E-state index contributed by atoms with van der Waals surface area (Å²) < 4.78 is 2.06. The minimum absolute atomic E-state index is 0.258. The molecule has 20 heavy (non-hydrogen) atoms. The molecule has 0 aliphatic carbocycles. The summed E-state index contributed by atoms with van der Waals surface area (Å²) in [6.07, 6.45) is 1.79. The number of nitrogens with zero attached hydrogens (tertiary/aromatic N) is 2. The second-order valence-corrected chi connectivity index (χ2v) is 5.35. The molecule has 0 aliphatic rings. The Balaban J connectivity index is 2.34. The van der Waals surface area contributed by atoms with Gasteiger partial charge in [-0.15, -0.1) is 0 Å². The number of carboxylic acid groups (broad SMARTS) is 1. The highest BCUT2D eigenvalue weighted by atomic mass is 32.1. The lowest BCUT2D eigenvalue weighted by Crippen LogP contribution is -1.99. The van der Waals surface area contributed by atoms with Gasteiger partial charge in [-0.25, -0.2) is 9.78 Å². The lowest BCUT2D eigenvalue weighted by Gasteiger charge is -2.06. The molecule has 0 amide bonds. The maximum absolute atomic E-state index is 11.3. The number of thiophene rings is 1. The van der Waals surface area contributed by atoms with Crippen molar-refractivity contribution in [2.75, 3.05) is 0 Å². The van der Waals surface area contributed by atoms with Crippen LogP contribution in [0.5, 0.6) is 0 Å². The molecule has 0 saturated carbocycles. The number of fused-ring (bicyclic) bond motifs is 1. The normalized spacial score (nSPS) is 11.1. The third kappa shape index (κ3) is 2.00. The first-order valence-corrected chi connectivity index (χ1v) is 7.43. The van der Waals surface area contributed by atoms with Gasteiger partial charge in [0.1, 0.15) is 11.3 Å². The van der Waals surface area contributed by atoms with Crippen LogP contribution in [0.2, 0.25) is 0 Å². The van der Waals surface area contributed by atoms with Crippen molar-refractivity contribution < 1.29 is 9.90 Å². The van der Waals surface area contributed by atoms with Gasteiger partial charge in [0.2, 0.25) is 0 Å². The van der Waals surface area contributed by atoms with Gasteiger partial charge in [-0.3, -0.25) is 4.57 Å². The van der Waals surface area contributed by atoms with Crippen molar-refractivity contribution in [3.63, 3.8) is 0 Å². The Bertz CT molecular complexity index is 760. The van der Waals surface area contributed by atoms with Gasteiger partial charge in [0, 0.05) is 11.8 Å². The van der Waals surface area contributed by atoms with E-state index in [1.807, 2.05) is 22.9 Å². The molecule has 2 heterocycles. The molecular weight excluding hydrogens is 272 g/mol. The fourth-order valence-electron chi connectivity index (χ4n) is 2.38. The second kappa shape index (κ2) is 5.09. The maximum atomic E-state index is 11.3. The number of rotatable bonds is 4. The van der Waals surface area contributed by atoms with Crippen molar-refractivity contribution >= 4 is 28.3 Å². The monoisotopic (exact) mass is 286 g/mol. The second-order valence-electron chi connectivity index (χ2n) is 4.57. The van der Waals surface area contributed by atoms with E-state index in [4.69, 9.17) is 0 Å². The molecule has 2 aromatic heterocycles. The third-order valence-electron chi connectivity index (χ3n) is 3.22. The zero-order chi connectivity index (χ0) is 14.1. The van der Waals surface area contributed by atoms with Gasteiger partial charge in [0.15, 0.2) is 0 Å². The molecule has 0 atom stereocenters. The van der Waals surface area contributed by atoms with E-state index >= 15 is 0 Å². The van der Waals surface area contributed by atoms with Crippen LogP contribution in [0.3, 0.4) is 0 Å². The molecule has 0 bridgehead atoms. The van der Waals surface area contributed by atoms with E-state index in [0.717, 1.165) is 29.9 Å². The van der Waals surface area contributed by atoms with Crippen molar-refractivity contribution in [3.8, 4) is 5.69 Å². The maximum Gasteiger partial charge on any atom is 0.337 e. The Morgan fingerprint density at radius 1 is 1.40 bits per heavy atom. The average molecular weight is 286 g/mol. The van der Waals surface area contributed by atoms with Crippen molar-refractivity contribution in [2.45, 2.75) is 19.8 Å². The van der Waals surface area contributed by atoms with Crippen LogP contribution >= 0.6 is 11.3 Å². The average Bonchev–Trinajstić information content (AvgIpc) is 3.04. The highest BCUT2D eigenvalue weighted by molar-refractivity contribution is 7.08. The van der Waals surface area contributed by atoms with Gasteiger partial charge >= 0.3 is 5.97 Å². The molecule has 0 saturated heterocycles. The minimum atomic E-state index is -0.936. The SMILES string of the molecule is CCCc1nc2c(C(=O)O)cccc2n1-c1ccsc1. The lowest BCUT2D eigenvalue weighted by atomic mass is 10.2. The van der Waals surface area contributed by atoms with E-state index in [-0.39, 0.29) is 5.56 Å². The predicted molar refractivity (Wildman–Crippen MR) is 79.9 cm³/mol. The third-order valence-corrected chi connectivity index (χ3v) is 3.89. The van der Waals surface area contributed by atoms with Crippen LogP contribution in [0, 0.1) is 0 Å². The largest absolute Gasteiger partial charge is 0.478 e. The van der Waals surface area contributed by atoms with E-state index in [2.05, 4.69) is 16.5 Å². The summed E-state index contributed by atoms with van der Waals surface area (Å²) in [7, 11) is 0. The molecule has 0 spiro atoms. The number of aromatic nitrogens is 2. The fraction of sp³-hybridized carbons (Fsp3) is 0.200. The summed E-state index contributed by atoms with van der Waals surface area (Å²) in [5.74, 6) is -0.0248. The molecule has 0 fully saturated rings. The molecule has 102 valence electrons. The summed E-state index contributed by atoms with van der Waals surface area (Å²) in [4.78, 5) is 15.9. The first-order chi connectivity index (χ1) is 9.72. The molecule has 0 unspecified atom stereocenters. The van der Waals surface area contributed by atoms with Gasteiger partial charge in [-0.05, 0) is 30.0 Å². The smallest absolute Gasteiger partial charge is 0.337 e. The molecular formula is C15H14N2O2S. The molecule has 5 heteroatoms. The molecule has 4 nitrogen and oxygen atoms in total. The van der Waals surface area contributed by atoms with Gasteiger partial charge in [0.25, 0.3) is 0 Å². The molecule has 0 radical (unpaired) electrons. The highest BCUT2D eigenvalue weighted by Crippen LogP contribution is 2.26. The first-order valence-electron chi connectivity index (χ1n) is 6.48. The summed E-state index contributed by atoms with van der Waals surface area (Å²) in [6, 6.07) is 7.32. The Labute approximate surface area is 120 Å². The molecule has 3 aromatic rings. The van der Waals surface area contributed by atoms with Crippen molar-refractivity contribution in [2.24, 2.45) is 0 Å². The van der Waals surface area contributed by atoms with Crippen LogP contribution in [-0.4, -0.2) is 20.6 Å². The van der Waals surface area contributed by atoms with Gasteiger partial charge < -0.3 is 5.11 Å². The topological polar surface area (TPSA) is 55.1 Å². The number of aromatic carboxylic acids is 1. The zero-order valence-corrected chi connectivity index (χ0v) is 11.9. The number of imidazole rings is 1. The number of hydrogen-bond acceptors (Lipinski definition) is 3. The molecule has 3 rings (SSSR count). The summed E-state index contributed by atoms with van der Waals surface area (Å²) in [6.45, 7) is 2.09. The van der Waals surface area contributed by atoms with E-state index in [0.29, 0.717) is 5.52 Å². The predicted octanol–water partition coefficient (Wildman–Crippen LogP) is 3.74. The van der Waals surface area contributed by atoms with E-state index < -0.39 is 5.97 Å². The lowest BCUT2D eigenvalue weighted by molar-refractivity contribution is 0.0699. The quantitative estimate of drug-likeness (QED) is 0.795. The number of benzene rings is 1. The molecule has 0 aliphatic heterocycles. The van der Waals surface area contributed by atoms with Crippen molar-refractivity contribution in [1.82, 2.24) is 9.55 Å². The van der Waals surface area contributed by atoms with Gasteiger partial charge in [-0.2, -0.15) is 11.3 Å².